The van der Waals surface area contributed by atoms with Crippen LogP contribution < -0.4 is 37.2 Å². The fraction of sp³-hybridized carbons (Fsp3) is 0.488. The van der Waals surface area contributed by atoms with Gasteiger partial charge < -0.3 is 72.1 Å². The number of fused-ring (bicyclic) bond motifs is 6. The van der Waals surface area contributed by atoms with E-state index in [4.69, 9.17) is 9.47 Å². The number of aromatic nitrogens is 1. The highest BCUT2D eigenvalue weighted by molar-refractivity contribution is 6.01. The largest absolute Gasteiger partial charge is 0.433 e. The number of carbonyl (C=O) groups is 8. The summed E-state index contributed by atoms with van der Waals surface area (Å²) in [5, 5.41) is 59.0. The molecule has 2 aromatic carbocycles. The van der Waals surface area contributed by atoms with E-state index >= 15 is 0 Å². The minimum absolute atomic E-state index is 0.0379. The lowest BCUT2D eigenvalue weighted by atomic mass is 9.99. The number of amides is 7. The van der Waals surface area contributed by atoms with Crippen LogP contribution in [-0.4, -0.2) is 153 Å². The summed E-state index contributed by atoms with van der Waals surface area (Å²) in [6, 6.07) is 6.39. The number of rotatable bonds is 10. The van der Waals surface area contributed by atoms with Crippen LogP contribution in [0.3, 0.4) is 0 Å². The highest BCUT2D eigenvalue weighted by Gasteiger charge is 2.46. The van der Waals surface area contributed by atoms with Crippen molar-refractivity contribution in [2.75, 3.05) is 13.2 Å². The molecule has 350 valence electrons. The second-order valence-electron chi connectivity index (χ2n) is 16.6. The Hall–Kier alpha value is -6.46. The van der Waals surface area contributed by atoms with Gasteiger partial charge >= 0.3 is 5.97 Å². The van der Waals surface area contributed by atoms with Crippen LogP contribution in [0.25, 0.3) is 10.9 Å². The molecular formula is C43H54N8O14. The molecule has 0 radical (unpaired) electrons. The molecule has 3 aromatic rings. The summed E-state index contributed by atoms with van der Waals surface area (Å²) in [5.41, 5.74) is 1.93. The van der Waals surface area contributed by atoms with Gasteiger partial charge in [-0.3, -0.25) is 38.4 Å². The Morgan fingerprint density at radius 2 is 1.28 bits per heavy atom. The van der Waals surface area contributed by atoms with Gasteiger partial charge in [-0.2, -0.15) is 0 Å². The fourth-order valence-corrected chi connectivity index (χ4v) is 7.74. The lowest BCUT2D eigenvalue weighted by Crippen LogP contribution is -2.64. The van der Waals surface area contributed by atoms with Crippen LogP contribution in [0.2, 0.25) is 0 Å². The number of aliphatic hydroxyl groups is 4. The zero-order valence-electron chi connectivity index (χ0n) is 35.5. The molecule has 11 atom stereocenters. The van der Waals surface area contributed by atoms with Crippen molar-refractivity contribution in [2.24, 2.45) is 5.92 Å². The zero-order chi connectivity index (χ0) is 46.9. The van der Waals surface area contributed by atoms with Crippen LogP contribution in [-0.2, 0) is 60.7 Å². The van der Waals surface area contributed by atoms with Gasteiger partial charge in [-0.25, -0.2) is 0 Å². The van der Waals surface area contributed by atoms with E-state index in [9.17, 15) is 58.8 Å². The van der Waals surface area contributed by atoms with Crippen molar-refractivity contribution < 1.29 is 68.3 Å². The van der Waals surface area contributed by atoms with Gasteiger partial charge in [-0.05, 0) is 29.5 Å². The molecule has 1 aromatic heterocycles. The van der Waals surface area contributed by atoms with Crippen LogP contribution in [0.5, 0.6) is 0 Å². The molecule has 0 unspecified atom stereocenters. The first-order valence-corrected chi connectivity index (χ1v) is 21.2. The van der Waals surface area contributed by atoms with E-state index in [1.54, 1.807) is 74.6 Å². The third-order valence-corrected chi connectivity index (χ3v) is 11.2. The Morgan fingerprint density at radius 1 is 0.692 bits per heavy atom. The molecule has 7 amide bonds. The van der Waals surface area contributed by atoms with Crippen molar-refractivity contribution in [2.45, 2.75) is 113 Å². The van der Waals surface area contributed by atoms with Crippen molar-refractivity contribution in [3.63, 3.8) is 0 Å². The molecule has 0 saturated carbocycles. The first-order chi connectivity index (χ1) is 31.0. The number of ether oxygens (including phenoxy) is 2. The number of carbonyl (C=O) groups excluding carboxylic acids is 8. The van der Waals surface area contributed by atoms with Gasteiger partial charge in [0.25, 0.3) is 0 Å². The molecular weight excluding hydrogens is 853 g/mol. The summed E-state index contributed by atoms with van der Waals surface area (Å²) in [6.45, 7) is 2.08. The molecule has 2 bridgehead atoms. The van der Waals surface area contributed by atoms with Crippen LogP contribution >= 0.6 is 0 Å². The van der Waals surface area contributed by atoms with Gasteiger partial charge in [0.1, 0.15) is 60.7 Å². The molecule has 0 aliphatic carbocycles. The van der Waals surface area contributed by atoms with Crippen LogP contribution in [0.15, 0.2) is 60.8 Å². The van der Waals surface area contributed by atoms with Crippen LogP contribution in [0.1, 0.15) is 44.2 Å². The van der Waals surface area contributed by atoms with Crippen molar-refractivity contribution in [3.8, 4) is 0 Å². The molecule has 3 saturated heterocycles. The maximum Gasteiger partial charge on any atom is 0.310 e. The quantitative estimate of drug-likeness (QED) is 0.0869. The van der Waals surface area contributed by atoms with E-state index in [0.29, 0.717) is 16.5 Å². The second kappa shape index (κ2) is 21.5. The summed E-state index contributed by atoms with van der Waals surface area (Å²) in [7, 11) is 0. The van der Waals surface area contributed by atoms with Gasteiger partial charge in [0.2, 0.25) is 47.6 Å². The van der Waals surface area contributed by atoms with Crippen molar-refractivity contribution in [1.29, 1.82) is 0 Å². The number of hydrogen-bond acceptors (Lipinski definition) is 14. The summed E-state index contributed by atoms with van der Waals surface area (Å²) in [4.78, 5) is 116. The molecule has 65 heavy (non-hydrogen) atoms. The van der Waals surface area contributed by atoms with E-state index < -0.39 is 140 Å². The third-order valence-electron chi connectivity index (χ3n) is 11.2. The minimum Gasteiger partial charge on any atom is -0.433 e. The molecule has 0 spiro atoms. The highest BCUT2D eigenvalue weighted by Crippen LogP contribution is 2.23. The summed E-state index contributed by atoms with van der Waals surface area (Å²) in [6.07, 6.45) is -9.57. The average molecular weight is 907 g/mol. The summed E-state index contributed by atoms with van der Waals surface area (Å²) >= 11 is 0. The van der Waals surface area contributed by atoms with E-state index in [1.165, 1.54) is 0 Å². The second-order valence-corrected chi connectivity index (χ2v) is 16.6. The molecule has 3 aliphatic heterocycles. The zero-order valence-corrected chi connectivity index (χ0v) is 35.5. The van der Waals surface area contributed by atoms with E-state index in [2.05, 4.69) is 42.2 Å². The van der Waals surface area contributed by atoms with Gasteiger partial charge in [-0.1, -0.05) is 62.4 Å². The van der Waals surface area contributed by atoms with E-state index in [1.807, 2.05) is 0 Å². The molecule has 3 fully saturated rings. The number of H-pyrrole nitrogens is 1. The van der Waals surface area contributed by atoms with E-state index in [-0.39, 0.29) is 25.2 Å². The van der Waals surface area contributed by atoms with Crippen molar-refractivity contribution in [1.82, 2.24) is 42.2 Å². The lowest BCUT2D eigenvalue weighted by Gasteiger charge is -2.39. The number of hydrogen-bond donors (Lipinski definition) is 12. The molecule has 4 heterocycles. The smallest absolute Gasteiger partial charge is 0.310 e. The molecule has 3 aliphatic rings. The minimum atomic E-state index is -2.01. The summed E-state index contributed by atoms with van der Waals surface area (Å²) in [5.74, 6) is -8.30. The van der Waals surface area contributed by atoms with Crippen LogP contribution in [0, 0.1) is 5.92 Å². The monoisotopic (exact) mass is 906 g/mol. The summed E-state index contributed by atoms with van der Waals surface area (Å²) < 4.78 is 10.4. The standard InChI is InChI=1S/C43H54N8O14/c1-20(2)12-25-37(58)50-29(16-33(54)65-43-36(57)35(56)34(55)31(19-52)64-43)41(62)49-28-15-32(53)45-18-30(42(63)46-25)51-38(59)26(13-21-8-4-3-5-9-21)47-39(60)27(48-40(28)61)14-22-17-44-24-11-7-6-10-23(22)24/h3-11,17,20,25-31,34-36,43-44,52,55-57H,12-16,18-19H2,1-2H3,(H,45,53)(H,46,63)(H,47,60)(H,48,61)(H,49,62)(H,50,58)(H,51,59)/t25-,26-,27-,28+,29-,30+,31+,34-,35-,36+,43-/m0/s1. The lowest BCUT2D eigenvalue weighted by molar-refractivity contribution is -0.292. The van der Waals surface area contributed by atoms with Gasteiger partial charge in [0.05, 0.1) is 19.4 Å². The normalized spacial score (nSPS) is 29.7. The SMILES string of the molecule is CC(C)C[C@@H]1NC(=O)[C@H]2CNC(=O)C[C@@H](NC(=O)[C@H](CC(=O)O[C@@H]3O[C@H](CO)[C@H](O)[C@H](O)[C@H]3O)NC1=O)C(=O)N[C@@H](Cc1c[nH]c3ccccc13)C(=O)N[C@@H](Cc1ccccc1)C(=O)N2. The number of aliphatic hydroxyl groups excluding tert-OH is 4. The first-order valence-electron chi connectivity index (χ1n) is 21.2. The van der Waals surface area contributed by atoms with Crippen molar-refractivity contribution >= 4 is 58.2 Å². The Kier molecular flexibility index (Phi) is 15.9. The van der Waals surface area contributed by atoms with Crippen LogP contribution in [0.4, 0.5) is 0 Å². The molecule has 6 rings (SSSR count). The predicted molar refractivity (Wildman–Crippen MR) is 225 cm³/mol. The Morgan fingerprint density at radius 3 is 2.00 bits per heavy atom. The number of benzene rings is 2. The predicted octanol–water partition coefficient (Wildman–Crippen LogP) is -3.83. The number of para-hydroxylation sites is 1. The highest BCUT2D eigenvalue weighted by atomic mass is 16.7. The van der Waals surface area contributed by atoms with Gasteiger partial charge in [-0.15, -0.1) is 0 Å². The van der Waals surface area contributed by atoms with E-state index in [0.717, 1.165) is 5.52 Å². The van der Waals surface area contributed by atoms with Gasteiger partial charge in [0, 0.05) is 36.5 Å². The fourth-order valence-electron chi connectivity index (χ4n) is 7.74. The Balaban J connectivity index is 1.38. The maximum absolute atomic E-state index is 14.4. The Labute approximate surface area is 371 Å². The van der Waals surface area contributed by atoms with Gasteiger partial charge in [0.15, 0.2) is 0 Å². The number of nitrogens with one attached hydrogen (secondary N) is 8. The maximum atomic E-state index is 14.4. The number of aromatic amines is 1. The van der Waals surface area contributed by atoms with Crippen molar-refractivity contribution in [3.05, 3.63) is 71.9 Å². The topological polar surface area (TPSA) is 336 Å². The first kappa shape index (κ1) is 48.0. The number of esters is 1. The molecule has 22 nitrogen and oxygen atoms in total. The third kappa shape index (κ3) is 12.2. The average Bonchev–Trinajstić information content (AvgIpc) is 3.68. The Bertz CT molecular complexity index is 2240. The molecule has 22 heteroatoms. The molecule has 12 N–H and O–H groups in total.